The van der Waals surface area contributed by atoms with Crippen molar-refractivity contribution in [2.45, 2.75) is 19.4 Å². The summed E-state index contributed by atoms with van der Waals surface area (Å²) in [6.07, 6.45) is 2.57. The van der Waals surface area contributed by atoms with E-state index in [-0.39, 0.29) is 6.10 Å². The Morgan fingerprint density at radius 3 is 2.85 bits per heavy atom. The fourth-order valence-corrected chi connectivity index (χ4v) is 1.87. The number of thioether (sulfide) groups is 1. The molecule has 0 spiro atoms. The molecule has 1 rings (SSSR count). The lowest BCUT2D eigenvalue weighted by Gasteiger charge is -2.08. The van der Waals surface area contributed by atoms with Gasteiger partial charge in [0.05, 0.1) is 6.10 Å². The Morgan fingerprint density at radius 2 is 2.23 bits per heavy atom. The van der Waals surface area contributed by atoms with Gasteiger partial charge in [0.15, 0.2) is 0 Å². The fraction of sp³-hybridized carbons (Fsp3) is 0.455. The van der Waals surface area contributed by atoms with E-state index >= 15 is 0 Å². The second kappa shape index (κ2) is 5.30. The topological polar surface area (TPSA) is 20.2 Å². The molecule has 0 amide bonds. The number of aliphatic hydroxyl groups excluding tert-OH is 1. The monoisotopic (exact) mass is 196 g/mol. The third-order valence-corrected chi connectivity index (χ3v) is 2.63. The van der Waals surface area contributed by atoms with Gasteiger partial charge in [-0.15, -0.1) is 0 Å². The van der Waals surface area contributed by atoms with E-state index < -0.39 is 0 Å². The van der Waals surface area contributed by atoms with Gasteiger partial charge in [-0.3, -0.25) is 0 Å². The van der Waals surface area contributed by atoms with Crippen molar-refractivity contribution in [2.75, 3.05) is 12.0 Å². The van der Waals surface area contributed by atoms with Gasteiger partial charge in [-0.1, -0.05) is 29.8 Å². The Morgan fingerprint density at radius 1 is 1.46 bits per heavy atom. The summed E-state index contributed by atoms with van der Waals surface area (Å²) < 4.78 is 0. The largest absolute Gasteiger partial charge is 0.392 e. The highest BCUT2D eigenvalue weighted by Crippen LogP contribution is 2.08. The highest BCUT2D eigenvalue weighted by atomic mass is 32.2. The Hall–Kier alpha value is -0.470. The summed E-state index contributed by atoms with van der Waals surface area (Å²) in [5, 5.41) is 9.57. The van der Waals surface area contributed by atoms with Gasteiger partial charge in [0, 0.05) is 5.75 Å². The quantitative estimate of drug-likeness (QED) is 0.797. The van der Waals surface area contributed by atoms with Crippen LogP contribution in [0.25, 0.3) is 0 Å². The fourth-order valence-electron chi connectivity index (χ4n) is 1.36. The van der Waals surface area contributed by atoms with Crippen LogP contribution in [0.15, 0.2) is 24.3 Å². The first kappa shape index (κ1) is 10.6. The van der Waals surface area contributed by atoms with Gasteiger partial charge in [-0.25, -0.2) is 0 Å². The van der Waals surface area contributed by atoms with Crippen LogP contribution in [-0.2, 0) is 6.42 Å². The molecule has 0 radical (unpaired) electrons. The van der Waals surface area contributed by atoms with Crippen molar-refractivity contribution in [1.29, 1.82) is 0 Å². The SMILES string of the molecule is CSCC(O)Cc1cccc(C)c1. The number of rotatable bonds is 4. The van der Waals surface area contributed by atoms with Gasteiger partial charge >= 0.3 is 0 Å². The second-order valence-corrected chi connectivity index (χ2v) is 4.21. The van der Waals surface area contributed by atoms with Gasteiger partial charge in [-0.05, 0) is 25.2 Å². The van der Waals surface area contributed by atoms with Crippen LogP contribution >= 0.6 is 11.8 Å². The third-order valence-electron chi connectivity index (χ3n) is 1.91. The first-order valence-electron chi connectivity index (χ1n) is 4.45. The number of hydrogen-bond acceptors (Lipinski definition) is 2. The zero-order chi connectivity index (χ0) is 9.68. The molecule has 1 aromatic rings. The van der Waals surface area contributed by atoms with Crippen LogP contribution < -0.4 is 0 Å². The molecule has 1 N–H and O–H groups in total. The van der Waals surface area contributed by atoms with E-state index in [0.29, 0.717) is 0 Å². The molecule has 0 heterocycles. The molecule has 0 aliphatic rings. The Balaban J connectivity index is 2.53. The highest BCUT2D eigenvalue weighted by molar-refractivity contribution is 7.98. The van der Waals surface area contributed by atoms with Crippen molar-refractivity contribution in [3.05, 3.63) is 35.4 Å². The molecule has 1 atom stereocenters. The number of benzene rings is 1. The minimum Gasteiger partial charge on any atom is -0.392 e. The summed E-state index contributed by atoms with van der Waals surface area (Å²) in [6, 6.07) is 8.31. The van der Waals surface area contributed by atoms with Crippen LogP contribution in [0.4, 0.5) is 0 Å². The molecule has 1 unspecified atom stereocenters. The lowest BCUT2D eigenvalue weighted by molar-refractivity contribution is 0.200. The maximum Gasteiger partial charge on any atom is 0.0670 e. The summed E-state index contributed by atoms with van der Waals surface area (Å²) in [5.74, 6) is 0.813. The van der Waals surface area contributed by atoms with Crippen molar-refractivity contribution < 1.29 is 5.11 Å². The molecule has 0 saturated heterocycles. The summed E-state index contributed by atoms with van der Waals surface area (Å²) in [6.45, 7) is 2.07. The first-order chi connectivity index (χ1) is 6.22. The smallest absolute Gasteiger partial charge is 0.0670 e. The number of aliphatic hydroxyl groups is 1. The lowest BCUT2D eigenvalue weighted by Crippen LogP contribution is -2.13. The van der Waals surface area contributed by atoms with Crippen molar-refractivity contribution in [1.82, 2.24) is 0 Å². The highest BCUT2D eigenvalue weighted by Gasteiger charge is 2.03. The van der Waals surface area contributed by atoms with Gasteiger partial charge < -0.3 is 5.11 Å². The Kier molecular flexibility index (Phi) is 4.33. The van der Waals surface area contributed by atoms with Crippen molar-refractivity contribution >= 4 is 11.8 Å². The molecule has 0 aliphatic carbocycles. The molecule has 0 aliphatic heterocycles. The first-order valence-corrected chi connectivity index (χ1v) is 5.84. The van der Waals surface area contributed by atoms with Crippen molar-refractivity contribution in [3.8, 4) is 0 Å². The molecular weight excluding hydrogens is 180 g/mol. The predicted molar refractivity (Wildman–Crippen MR) is 59.3 cm³/mol. The normalized spacial score (nSPS) is 12.8. The maximum absolute atomic E-state index is 9.57. The van der Waals surface area contributed by atoms with Crippen LogP contribution in [0.5, 0.6) is 0 Å². The molecule has 1 aromatic carbocycles. The predicted octanol–water partition coefficient (Wildman–Crippen LogP) is 2.26. The maximum atomic E-state index is 9.57. The van der Waals surface area contributed by atoms with Gasteiger partial charge in [0.1, 0.15) is 0 Å². The van der Waals surface area contributed by atoms with Crippen molar-refractivity contribution in [2.24, 2.45) is 0 Å². The zero-order valence-electron chi connectivity index (χ0n) is 8.16. The molecule has 2 heteroatoms. The number of hydrogen-bond donors (Lipinski definition) is 1. The zero-order valence-corrected chi connectivity index (χ0v) is 8.97. The van der Waals surface area contributed by atoms with Gasteiger partial charge in [-0.2, -0.15) is 11.8 Å². The molecule has 0 aromatic heterocycles. The van der Waals surface area contributed by atoms with Crippen LogP contribution in [0.1, 0.15) is 11.1 Å². The van der Waals surface area contributed by atoms with Crippen LogP contribution in [-0.4, -0.2) is 23.2 Å². The van der Waals surface area contributed by atoms with Crippen LogP contribution in [0, 0.1) is 6.92 Å². The molecule has 0 bridgehead atoms. The van der Waals surface area contributed by atoms with E-state index in [1.54, 1.807) is 11.8 Å². The van der Waals surface area contributed by atoms with Gasteiger partial charge in [0.2, 0.25) is 0 Å². The van der Waals surface area contributed by atoms with E-state index in [2.05, 4.69) is 25.1 Å². The molecule has 72 valence electrons. The van der Waals surface area contributed by atoms with Crippen LogP contribution in [0.3, 0.4) is 0 Å². The van der Waals surface area contributed by atoms with E-state index in [0.717, 1.165) is 12.2 Å². The third kappa shape index (κ3) is 3.83. The van der Waals surface area contributed by atoms with Gasteiger partial charge in [0.25, 0.3) is 0 Å². The molecule has 0 fully saturated rings. The minimum atomic E-state index is -0.211. The van der Waals surface area contributed by atoms with E-state index in [1.165, 1.54) is 11.1 Å². The summed E-state index contributed by atoms with van der Waals surface area (Å²) in [7, 11) is 0. The Labute approximate surface area is 84.2 Å². The molecular formula is C11H16OS. The molecule has 1 nitrogen and oxygen atoms in total. The standard InChI is InChI=1S/C11H16OS/c1-9-4-3-5-10(6-9)7-11(12)8-13-2/h3-6,11-12H,7-8H2,1-2H3. The summed E-state index contributed by atoms with van der Waals surface area (Å²) in [5.41, 5.74) is 2.48. The number of aryl methyl sites for hydroxylation is 1. The molecule has 13 heavy (non-hydrogen) atoms. The second-order valence-electron chi connectivity index (χ2n) is 3.30. The van der Waals surface area contributed by atoms with E-state index in [4.69, 9.17) is 0 Å². The lowest BCUT2D eigenvalue weighted by atomic mass is 10.1. The van der Waals surface area contributed by atoms with E-state index in [9.17, 15) is 5.11 Å². The summed E-state index contributed by atoms with van der Waals surface area (Å²) >= 11 is 1.68. The summed E-state index contributed by atoms with van der Waals surface area (Å²) in [4.78, 5) is 0. The van der Waals surface area contributed by atoms with Crippen molar-refractivity contribution in [3.63, 3.8) is 0 Å². The average Bonchev–Trinajstić information content (AvgIpc) is 2.04. The van der Waals surface area contributed by atoms with Crippen LogP contribution in [0.2, 0.25) is 0 Å². The average molecular weight is 196 g/mol. The molecule has 0 saturated carbocycles. The Bertz CT molecular complexity index is 260. The van der Waals surface area contributed by atoms with E-state index in [1.807, 2.05) is 12.3 Å². The minimum absolute atomic E-state index is 0.211.